The van der Waals surface area contributed by atoms with Crippen LogP contribution in [0.2, 0.25) is 0 Å². The number of hydrogen-bond donors (Lipinski definition) is 2. The van der Waals surface area contributed by atoms with Crippen molar-refractivity contribution in [3.63, 3.8) is 0 Å². The van der Waals surface area contributed by atoms with E-state index in [0.717, 1.165) is 0 Å². The van der Waals surface area contributed by atoms with Crippen molar-refractivity contribution < 1.29 is 26.9 Å². The van der Waals surface area contributed by atoms with Crippen molar-refractivity contribution >= 4 is 43.8 Å². The zero-order chi connectivity index (χ0) is 8.08. The second-order valence-electron chi connectivity index (χ2n) is 0.554. The minimum atomic E-state index is -3.06. The van der Waals surface area contributed by atoms with Gasteiger partial charge >= 0.3 is 55.7 Å². The van der Waals surface area contributed by atoms with E-state index < -0.39 is 18.1 Å². The molecule has 8 heteroatoms. The van der Waals surface area contributed by atoms with Gasteiger partial charge in [0.2, 0.25) is 0 Å². The number of hydrogen-bond acceptors (Lipinski definition) is 1. The van der Waals surface area contributed by atoms with Crippen molar-refractivity contribution in [2.75, 3.05) is 0 Å². The first-order chi connectivity index (χ1) is 3.73. The molecule has 3 nitrogen and oxygen atoms in total. The van der Waals surface area contributed by atoms with Crippen LogP contribution in [0.25, 0.3) is 0 Å². The summed E-state index contributed by atoms with van der Waals surface area (Å²) in [4.78, 5) is 8.56. The first-order valence-electron chi connectivity index (χ1n) is 1.13. The minimum absolute atomic E-state index is 1.83. The molecule has 2 N–H and O–H groups in total. The summed E-state index contributed by atoms with van der Waals surface area (Å²) >= 11 is -3.06. The van der Waals surface area contributed by atoms with Gasteiger partial charge in [-0.25, -0.2) is 4.79 Å². The summed E-state index contributed by atoms with van der Waals surface area (Å²) < 4.78 is 0. The molecule has 0 aliphatic rings. The number of carboxylic acid groups (broad SMARTS) is 2. The van der Waals surface area contributed by atoms with Gasteiger partial charge in [0.25, 0.3) is 0 Å². The summed E-state index contributed by atoms with van der Waals surface area (Å²) in [6.45, 7) is 0. The Morgan fingerprint density at radius 2 is 1.11 bits per heavy atom. The molecule has 0 rings (SSSR count). The molecule has 0 fully saturated rings. The SMILES string of the molecule is O=C(O)O.[Cl][Pt]([Cl])([Cl])[Cl]. The Kier molecular flexibility index (Phi) is 8.33. The van der Waals surface area contributed by atoms with Crippen LogP contribution in [0.3, 0.4) is 0 Å². The van der Waals surface area contributed by atoms with Crippen molar-refractivity contribution in [3.05, 3.63) is 0 Å². The van der Waals surface area contributed by atoms with Gasteiger partial charge in [-0.2, -0.15) is 0 Å². The zero-order valence-corrected chi connectivity index (χ0v) is 8.93. The second-order valence-corrected chi connectivity index (χ2v) is 20.3. The van der Waals surface area contributed by atoms with Gasteiger partial charge in [0.05, 0.1) is 0 Å². The summed E-state index contributed by atoms with van der Waals surface area (Å²) in [7, 11) is 20.0. The van der Waals surface area contributed by atoms with E-state index in [9.17, 15) is 0 Å². The summed E-state index contributed by atoms with van der Waals surface area (Å²) in [6.07, 6.45) is -1.83. The molecule has 0 aliphatic heterocycles. The van der Waals surface area contributed by atoms with Gasteiger partial charge in [0.15, 0.2) is 0 Å². The van der Waals surface area contributed by atoms with Crippen LogP contribution in [-0.4, -0.2) is 16.4 Å². The van der Waals surface area contributed by atoms with Gasteiger partial charge in [-0.05, 0) is 0 Å². The Balaban J connectivity index is 0. The molecule has 0 bridgehead atoms. The average Bonchev–Trinajstić information content (AvgIpc) is 1.19. The molecule has 0 saturated heterocycles. The molecule has 0 aliphatic carbocycles. The Hall–Kier alpha value is 1.12. The molecule has 0 atom stereocenters. The molecule has 0 aromatic heterocycles. The maximum atomic E-state index is 8.56. The molecule has 9 heavy (non-hydrogen) atoms. The molecule has 0 radical (unpaired) electrons. The van der Waals surface area contributed by atoms with Crippen LogP contribution in [0.4, 0.5) is 4.79 Å². The molecular weight excluding hydrogens is 397 g/mol. The van der Waals surface area contributed by atoms with E-state index in [2.05, 4.69) is 0 Å². The fourth-order valence-electron chi connectivity index (χ4n) is 0. The van der Waals surface area contributed by atoms with Crippen LogP contribution in [0.1, 0.15) is 0 Å². The number of carbonyl (C=O) groups is 1. The van der Waals surface area contributed by atoms with Gasteiger partial charge in [0, 0.05) is 0 Å². The summed E-state index contributed by atoms with van der Waals surface area (Å²) in [5.41, 5.74) is 0. The molecule has 0 amide bonds. The van der Waals surface area contributed by atoms with Gasteiger partial charge in [-0.3, -0.25) is 0 Å². The van der Waals surface area contributed by atoms with E-state index in [4.69, 9.17) is 52.7 Å². The standard InChI is InChI=1S/CH2O3.4ClH.Pt/c2-1(3)4;;;;;/h(H2,2,3,4);4*1H;/q;;;;;+4/p-4. The normalized spacial score (nSPS) is 11.1. The summed E-state index contributed by atoms with van der Waals surface area (Å²) in [5.74, 6) is 0. The van der Waals surface area contributed by atoms with Crippen LogP contribution in [0.15, 0.2) is 0 Å². The summed E-state index contributed by atoms with van der Waals surface area (Å²) in [6, 6.07) is 0. The van der Waals surface area contributed by atoms with E-state index in [0.29, 0.717) is 0 Å². The average molecular weight is 399 g/mol. The molecule has 0 saturated carbocycles. The third-order valence-corrected chi connectivity index (χ3v) is 0. The topological polar surface area (TPSA) is 57.5 Å². The fraction of sp³-hybridized carbons (Fsp3) is 0. The molecule has 0 spiro atoms. The van der Waals surface area contributed by atoms with Gasteiger partial charge in [0.1, 0.15) is 0 Å². The molecule has 0 aromatic carbocycles. The molecule has 0 unspecified atom stereocenters. The van der Waals surface area contributed by atoms with Crippen LogP contribution in [-0.2, 0) is 11.9 Å². The van der Waals surface area contributed by atoms with Crippen LogP contribution in [0, 0.1) is 0 Å². The van der Waals surface area contributed by atoms with E-state index in [1.807, 2.05) is 0 Å². The van der Waals surface area contributed by atoms with Crippen LogP contribution in [0.5, 0.6) is 0 Å². The first kappa shape index (κ1) is 12.8. The quantitative estimate of drug-likeness (QED) is 0.659. The molecular formula is CH2Cl4O3Pt. The van der Waals surface area contributed by atoms with E-state index in [1.165, 1.54) is 0 Å². The number of rotatable bonds is 0. The van der Waals surface area contributed by atoms with Crippen molar-refractivity contribution in [3.8, 4) is 0 Å². The summed E-state index contributed by atoms with van der Waals surface area (Å²) in [5, 5.41) is 13.9. The third kappa shape index (κ3) is 369. The van der Waals surface area contributed by atoms with Gasteiger partial charge in [-0.15, -0.1) is 0 Å². The van der Waals surface area contributed by atoms with Crippen LogP contribution < -0.4 is 0 Å². The third-order valence-electron chi connectivity index (χ3n) is 0. The van der Waals surface area contributed by atoms with Crippen LogP contribution >= 0.6 is 37.7 Å². The Morgan fingerprint density at radius 3 is 1.11 bits per heavy atom. The molecule has 0 heterocycles. The predicted molar refractivity (Wildman–Crippen MR) is 34.1 cm³/mol. The molecule has 62 valence electrons. The van der Waals surface area contributed by atoms with Crippen molar-refractivity contribution in [2.24, 2.45) is 0 Å². The fourth-order valence-corrected chi connectivity index (χ4v) is 0. The van der Waals surface area contributed by atoms with E-state index in [-0.39, 0.29) is 0 Å². The Labute approximate surface area is 70.4 Å². The second kappa shape index (κ2) is 5.87. The Morgan fingerprint density at radius 1 is 1.11 bits per heavy atom. The van der Waals surface area contributed by atoms with Crippen molar-refractivity contribution in [2.45, 2.75) is 0 Å². The predicted octanol–water partition coefficient (Wildman–Crippen LogP) is 2.98. The van der Waals surface area contributed by atoms with E-state index in [1.54, 1.807) is 0 Å². The Bertz CT molecular complexity index is 78.3. The van der Waals surface area contributed by atoms with Crippen molar-refractivity contribution in [1.29, 1.82) is 0 Å². The number of halogens is 4. The van der Waals surface area contributed by atoms with Crippen molar-refractivity contribution in [1.82, 2.24) is 0 Å². The zero-order valence-electron chi connectivity index (χ0n) is 3.63. The maximum absolute atomic E-state index is 8.56. The van der Waals surface area contributed by atoms with Gasteiger partial charge in [-0.1, -0.05) is 0 Å². The monoisotopic (exact) mass is 397 g/mol. The molecule has 0 aromatic rings. The first-order valence-corrected chi connectivity index (χ1v) is 12.4. The van der Waals surface area contributed by atoms with E-state index >= 15 is 0 Å². The van der Waals surface area contributed by atoms with Gasteiger partial charge < -0.3 is 10.2 Å².